The number of hydrogen-bond acceptors (Lipinski definition) is 4. The second-order valence-corrected chi connectivity index (χ2v) is 6.07. The second kappa shape index (κ2) is 9.20. The smallest absolute Gasteiger partial charge is 0.271 e. The first-order chi connectivity index (χ1) is 11.6. The van der Waals surface area contributed by atoms with Crippen molar-refractivity contribution in [1.29, 1.82) is 0 Å². The van der Waals surface area contributed by atoms with Crippen LogP contribution in [0.4, 0.5) is 0 Å². The van der Waals surface area contributed by atoms with E-state index in [1.807, 2.05) is 12.1 Å². The zero-order valence-electron chi connectivity index (χ0n) is 13.3. The Labute approximate surface area is 149 Å². The van der Waals surface area contributed by atoms with E-state index in [9.17, 15) is 9.90 Å². The number of phenolic OH excluding ortho intramolecular Hbond substituents is 1. The van der Waals surface area contributed by atoms with Crippen LogP contribution in [-0.4, -0.2) is 23.8 Å². The van der Waals surface area contributed by atoms with Crippen LogP contribution in [0.15, 0.2) is 52.0 Å². The lowest BCUT2D eigenvalue weighted by Gasteiger charge is -2.04. The van der Waals surface area contributed by atoms with Crippen molar-refractivity contribution in [2.75, 3.05) is 6.61 Å². The molecule has 6 heteroatoms. The molecule has 0 saturated carbocycles. The van der Waals surface area contributed by atoms with Gasteiger partial charge in [-0.2, -0.15) is 5.10 Å². The van der Waals surface area contributed by atoms with E-state index in [2.05, 4.69) is 33.4 Å². The molecule has 1 amide bonds. The summed E-state index contributed by atoms with van der Waals surface area (Å²) >= 11 is 3.31. The van der Waals surface area contributed by atoms with Gasteiger partial charge in [-0.25, -0.2) is 5.43 Å². The van der Waals surface area contributed by atoms with Crippen LogP contribution in [0.3, 0.4) is 0 Å². The lowest BCUT2D eigenvalue weighted by atomic mass is 10.1. The van der Waals surface area contributed by atoms with Crippen molar-refractivity contribution in [1.82, 2.24) is 5.43 Å². The summed E-state index contributed by atoms with van der Waals surface area (Å²) in [5, 5.41) is 13.6. The molecular weight excluding hydrogens is 372 g/mol. The fourth-order valence-electron chi connectivity index (χ4n) is 1.94. The highest BCUT2D eigenvalue weighted by Crippen LogP contribution is 2.19. The second-order valence-electron chi connectivity index (χ2n) is 5.15. The fourth-order valence-corrected chi connectivity index (χ4v) is 2.32. The summed E-state index contributed by atoms with van der Waals surface area (Å²) in [7, 11) is 0. The van der Waals surface area contributed by atoms with Gasteiger partial charge >= 0.3 is 0 Å². The monoisotopic (exact) mass is 390 g/mol. The topological polar surface area (TPSA) is 70.9 Å². The quantitative estimate of drug-likeness (QED) is 0.428. The number of phenols is 1. The summed E-state index contributed by atoms with van der Waals surface area (Å²) in [4.78, 5) is 12.0. The third-order valence-electron chi connectivity index (χ3n) is 3.19. The molecule has 2 aromatic carbocycles. The highest BCUT2D eigenvalue weighted by atomic mass is 79.9. The normalized spacial score (nSPS) is 10.9. The van der Waals surface area contributed by atoms with Crippen LogP contribution in [0, 0.1) is 0 Å². The summed E-state index contributed by atoms with van der Waals surface area (Å²) in [5.74, 6) is -0.227. The Bertz CT molecular complexity index is 715. The van der Waals surface area contributed by atoms with Crippen LogP contribution in [0.1, 0.15) is 34.8 Å². The lowest BCUT2D eigenvalue weighted by molar-refractivity contribution is 0.0954. The highest BCUT2D eigenvalue weighted by molar-refractivity contribution is 9.10. The first-order valence-corrected chi connectivity index (χ1v) is 8.38. The lowest BCUT2D eigenvalue weighted by Crippen LogP contribution is -2.17. The number of nitrogens with zero attached hydrogens (tertiary/aromatic N) is 1. The van der Waals surface area contributed by atoms with Gasteiger partial charge in [-0.1, -0.05) is 35.0 Å². The first kappa shape index (κ1) is 18.2. The van der Waals surface area contributed by atoms with E-state index in [1.54, 1.807) is 30.3 Å². The van der Waals surface area contributed by atoms with E-state index in [-0.39, 0.29) is 11.7 Å². The summed E-state index contributed by atoms with van der Waals surface area (Å²) in [6, 6.07) is 12.1. The highest BCUT2D eigenvalue weighted by Gasteiger charge is 2.04. The van der Waals surface area contributed by atoms with Gasteiger partial charge in [0.15, 0.2) is 0 Å². The van der Waals surface area contributed by atoms with Gasteiger partial charge in [0.1, 0.15) is 5.75 Å². The molecule has 0 heterocycles. The molecule has 5 nitrogen and oxygen atoms in total. The third kappa shape index (κ3) is 5.47. The van der Waals surface area contributed by atoms with Gasteiger partial charge in [0.25, 0.3) is 5.91 Å². The van der Waals surface area contributed by atoms with Gasteiger partial charge in [0, 0.05) is 22.2 Å². The fraction of sp³-hybridized carbons (Fsp3) is 0.222. The molecule has 2 N–H and O–H groups in total. The maximum atomic E-state index is 12.0. The summed E-state index contributed by atoms with van der Waals surface area (Å²) in [5.41, 5.74) is 4.47. The van der Waals surface area contributed by atoms with E-state index in [0.29, 0.717) is 17.7 Å². The van der Waals surface area contributed by atoms with Gasteiger partial charge in [0.05, 0.1) is 12.8 Å². The molecule has 0 fully saturated rings. The Morgan fingerprint density at radius 3 is 2.75 bits per heavy atom. The number of halogens is 1. The summed E-state index contributed by atoms with van der Waals surface area (Å²) in [6.07, 6.45) is 2.37. The maximum Gasteiger partial charge on any atom is 0.271 e. The molecule has 0 saturated heterocycles. The average molecular weight is 391 g/mol. The molecule has 24 heavy (non-hydrogen) atoms. The largest absolute Gasteiger partial charge is 0.507 e. The Balaban J connectivity index is 1.92. The molecule has 0 aliphatic rings. The van der Waals surface area contributed by atoms with Crippen LogP contribution in [0.2, 0.25) is 0 Å². The molecule has 2 rings (SSSR count). The molecule has 0 aromatic heterocycles. The van der Waals surface area contributed by atoms with Gasteiger partial charge in [-0.15, -0.1) is 0 Å². The van der Waals surface area contributed by atoms with Crippen molar-refractivity contribution in [2.24, 2.45) is 5.10 Å². The van der Waals surface area contributed by atoms with Crippen molar-refractivity contribution in [2.45, 2.75) is 20.0 Å². The number of ether oxygens (including phenoxy) is 1. The van der Waals surface area contributed by atoms with Crippen molar-refractivity contribution in [3.05, 3.63) is 63.6 Å². The Hall–Kier alpha value is -2.18. The molecule has 0 unspecified atom stereocenters. The molecule has 0 radical (unpaired) electrons. The molecule has 0 atom stereocenters. The van der Waals surface area contributed by atoms with Gasteiger partial charge < -0.3 is 9.84 Å². The predicted molar refractivity (Wildman–Crippen MR) is 97.3 cm³/mol. The summed E-state index contributed by atoms with van der Waals surface area (Å²) < 4.78 is 6.27. The van der Waals surface area contributed by atoms with Crippen LogP contribution in [-0.2, 0) is 11.3 Å². The van der Waals surface area contributed by atoms with Gasteiger partial charge in [-0.05, 0) is 42.3 Å². The average Bonchev–Trinajstić information content (AvgIpc) is 2.58. The van der Waals surface area contributed by atoms with Gasteiger partial charge in [-0.3, -0.25) is 4.79 Å². The zero-order valence-corrected chi connectivity index (χ0v) is 14.9. The minimum atomic E-state index is -0.318. The minimum absolute atomic E-state index is 0.0904. The molecule has 0 aliphatic heterocycles. The SMILES string of the molecule is CCCOCc1ccc(C(=O)N/N=C/c2cc(Br)ccc2O)cc1. The van der Waals surface area contributed by atoms with E-state index in [0.717, 1.165) is 23.1 Å². The number of nitrogens with one attached hydrogen (secondary N) is 1. The van der Waals surface area contributed by atoms with E-state index in [4.69, 9.17) is 4.74 Å². The number of aromatic hydroxyl groups is 1. The van der Waals surface area contributed by atoms with Crippen molar-refractivity contribution in [3.63, 3.8) is 0 Å². The van der Waals surface area contributed by atoms with Crippen LogP contribution in [0.25, 0.3) is 0 Å². The molecule has 0 bridgehead atoms. The number of carbonyl (C=O) groups excluding carboxylic acids is 1. The van der Waals surface area contributed by atoms with Gasteiger partial charge in [0.2, 0.25) is 0 Å². The molecule has 0 spiro atoms. The molecular formula is C18H19BrN2O3. The third-order valence-corrected chi connectivity index (χ3v) is 3.69. The Morgan fingerprint density at radius 2 is 2.04 bits per heavy atom. The zero-order chi connectivity index (χ0) is 17.4. The number of hydrogen-bond donors (Lipinski definition) is 2. The van der Waals surface area contributed by atoms with E-state index < -0.39 is 0 Å². The number of hydrazone groups is 1. The molecule has 0 aliphatic carbocycles. The number of carbonyl (C=O) groups is 1. The van der Waals surface area contributed by atoms with E-state index >= 15 is 0 Å². The van der Waals surface area contributed by atoms with Crippen molar-refractivity contribution < 1.29 is 14.6 Å². The first-order valence-electron chi connectivity index (χ1n) is 7.58. The van der Waals surface area contributed by atoms with Crippen LogP contribution in [0.5, 0.6) is 5.75 Å². The standard InChI is InChI=1S/C18H19BrN2O3/c1-2-9-24-12-13-3-5-14(6-4-13)18(23)21-20-11-15-10-16(19)7-8-17(15)22/h3-8,10-11,22H,2,9,12H2,1H3,(H,21,23)/b20-11+. The van der Waals surface area contributed by atoms with Crippen molar-refractivity contribution in [3.8, 4) is 5.75 Å². The predicted octanol–water partition coefficient (Wildman–Crippen LogP) is 3.85. The van der Waals surface area contributed by atoms with Crippen LogP contribution < -0.4 is 5.43 Å². The van der Waals surface area contributed by atoms with E-state index in [1.165, 1.54) is 6.21 Å². The minimum Gasteiger partial charge on any atom is -0.507 e. The molecule has 126 valence electrons. The maximum absolute atomic E-state index is 12.0. The number of benzene rings is 2. The van der Waals surface area contributed by atoms with Crippen LogP contribution >= 0.6 is 15.9 Å². The summed E-state index contributed by atoms with van der Waals surface area (Å²) in [6.45, 7) is 3.32. The number of amides is 1. The molecule has 2 aromatic rings. The Kier molecular flexibility index (Phi) is 6.96. The van der Waals surface area contributed by atoms with Crippen molar-refractivity contribution >= 4 is 28.1 Å². The number of rotatable bonds is 7. The Morgan fingerprint density at radius 1 is 1.29 bits per heavy atom.